The number of amides is 1. The number of carbonyl (C=O) groups is 2. The largest absolute Gasteiger partial charge is 0.497 e. The van der Waals surface area contributed by atoms with Gasteiger partial charge in [0, 0.05) is 18.3 Å². The molecule has 0 radical (unpaired) electrons. The lowest BCUT2D eigenvalue weighted by molar-refractivity contribution is -0.115. The van der Waals surface area contributed by atoms with Gasteiger partial charge in [-0.2, -0.15) is 0 Å². The highest BCUT2D eigenvalue weighted by atomic mass is 32.2. The van der Waals surface area contributed by atoms with Gasteiger partial charge in [0.1, 0.15) is 11.6 Å². The Kier molecular flexibility index (Phi) is 6.66. The standard InChI is InChI=1S/C21H22N4O3S/c1-14-4-8-16(9-5-14)22-20(27)12-19-23-24-21(25(19)2)29-13-18(26)15-6-10-17(28-3)11-7-15/h4-11H,12-13H2,1-3H3,(H,22,27). The van der Waals surface area contributed by atoms with E-state index in [0.717, 1.165) is 11.3 Å². The van der Waals surface area contributed by atoms with Crippen molar-refractivity contribution in [2.75, 3.05) is 18.2 Å². The number of ether oxygens (including phenoxy) is 1. The van der Waals surface area contributed by atoms with Gasteiger partial charge in [-0.1, -0.05) is 29.5 Å². The first-order valence-corrected chi connectivity index (χ1v) is 9.99. The zero-order valence-corrected chi connectivity index (χ0v) is 17.3. The second-order valence-electron chi connectivity index (χ2n) is 6.49. The molecule has 0 saturated heterocycles. The van der Waals surface area contributed by atoms with Crippen molar-refractivity contribution in [1.29, 1.82) is 0 Å². The van der Waals surface area contributed by atoms with Crippen LogP contribution in [0.25, 0.3) is 0 Å². The van der Waals surface area contributed by atoms with E-state index in [4.69, 9.17) is 4.74 Å². The molecular formula is C21H22N4O3S. The van der Waals surface area contributed by atoms with Crippen molar-refractivity contribution in [3.63, 3.8) is 0 Å². The highest BCUT2D eigenvalue weighted by Gasteiger charge is 2.15. The number of thioether (sulfide) groups is 1. The molecule has 29 heavy (non-hydrogen) atoms. The van der Waals surface area contributed by atoms with Crippen LogP contribution in [0.15, 0.2) is 53.7 Å². The highest BCUT2D eigenvalue weighted by Crippen LogP contribution is 2.19. The molecule has 8 heteroatoms. The maximum Gasteiger partial charge on any atom is 0.232 e. The number of hydrogen-bond acceptors (Lipinski definition) is 6. The molecule has 0 unspecified atom stereocenters. The number of aromatic nitrogens is 3. The molecule has 1 aromatic heterocycles. The van der Waals surface area contributed by atoms with Crippen LogP contribution >= 0.6 is 11.8 Å². The number of benzene rings is 2. The number of aryl methyl sites for hydroxylation is 1. The summed E-state index contributed by atoms with van der Waals surface area (Å²) in [4.78, 5) is 24.6. The van der Waals surface area contributed by atoms with Crippen LogP contribution in [0, 0.1) is 6.92 Å². The Morgan fingerprint density at radius 3 is 2.41 bits per heavy atom. The van der Waals surface area contributed by atoms with Gasteiger partial charge in [0.15, 0.2) is 10.9 Å². The molecule has 7 nitrogen and oxygen atoms in total. The van der Waals surface area contributed by atoms with E-state index >= 15 is 0 Å². The Morgan fingerprint density at radius 2 is 1.76 bits per heavy atom. The fourth-order valence-electron chi connectivity index (χ4n) is 2.60. The van der Waals surface area contributed by atoms with Crippen molar-refractivity contribution in [3.05, 3.63) is 65.5 Å². The molecule has 0 aliphatic heterocycles. The first-order chi connectivity index (χ1) is 14.0. The fourth-order valence-corrected chi connectivity index (χ4v) is 3.43. The fraction of sp³-hybridized carbons (Fsp3) is 0.238. The molecule has 0 fully saturated rings. The monoisotopic (exact) mass is 410 g/mol. The van der Waals surface area contributed by atoms with Gasteiger partial charge in [-0.15, -0.1) is 10.2 Å². The number of nitrogens with one attached hydrogen (secondary N) is 1. The smallest absolute Gasteiger partial charge is 0.232 e. The van der Waals surface area contributed by atoms with Gasteiger partial charge in [0.2, 0.25) is 5.91 Å². The summed E-state index contributed by atoms with van der Waals surface area (Å²) in [5.74, 6) is 1.29. The Balaban J connectivity index is 1.56. The summed E-state index contributed by atoms with van der Waals surface area (Å²) >= 11 is 1.29. The molecule has 3 aromatic rings. The predicted molar refractivity (Wildman–Crippen MR) is 113 cm³/mol. The third kappa shape index (κ3) is 5.45. The van der Waals surface area contributed by atoms with Crippen molar-refractivity contribution >= 4 is 29.1 Å². The van der Waals surface area contributed by atoms with Crippen molar-refractivity contribution in [3.8, 4) is 5.75 Å². The molecule has 0 aliphatic rings. The van der Waals surface area contributed by atoms with Crippen molar-refractivity contribution in [1.82, 2.24) is 14.8 Å². The van der Waals surface area contributed by atoms with E-state index in [0.29, 0.717) is 22.3 Å². The zero-order valence-electron chi connectivity index (χ0n) is 16.5. The van der Waals surface area contributed by atoms with E-state index in [2.05, 4.69) is 15.5 Å². The van der Waals surface area contributed by atoms with Crippen LogP contribution in [0.3, 0.4) is 0 Å². The summed E-state index contributed by atoms with van der Waals surface area (Å²) in [7, 11) is 3.37. The number of hydrogen-bond donors (Lipinski definition) is 1. The first kappa shape index (κ1) is 20.6. The van der Waals surface area contributed by atoms with Crippen molar-refractivity contribution in [2.24, 2.45) is 7.05 Å². The van der Waals surface area contributed by atoms with Crippen LogP contribution in [-0.2, 0) is 18.3 Å². The molecule has 0 spiro atoms. The predicted octanol–water partition coefficient (Wildman–Crippen LogP) is 3.29. The first-order valence-electron chi connectivity index (χ1n) is 9.01. The molecule has 0 atom stereocenters. The van der Waals surface area contributed by atoms with Gasteiger partial charge < -0.3 is 14.6 Å². The minimum Gasteiger partial charge on any atom is -0.497 e. The maximum absolute atomic E-state index is 12.4. The number of rotatable bonds is 8. The van der Waals surface area contributed by atoms with Crippen LogP contribution in [-0.4, -0.2) is 39.3 Å². The maximum atomic E-state index is 12.4. The number of ketones is 1. The minimum absolute atomic E-state index is 0.0145. The quantitative estimate of drug-likeness (QED) is 0.453. The van der Waals surface area contributed by atoms with E-state index in [9.17, 15) is 9.59 Å². The summed E-state index contributed by atoms with van der Waals surface area (Å²) in [6.45, 7) is 1.99. The van der Waals surface area contributed by atoms with E-state index < -0.39 is 0 Å². The molecule has 1 amide bonds. The number of anilines is 1. The SMILES string of the molecule is COc1ccc(C(=O)CSc2nnc(CC(=O)Nc3ccc(C)cc3)n2C)cc1. The summed E-state index contributed by atoms with van der Waals surface area (Å²) in [6, 6.07) is 14.6. The average Bonchev–Trinajstić information content (AvgIpc) is 3.07. The summed E-state index contributed by atoms with van der Waals surface area (Å²) in [5, 5.41) is 11.6. The molecule has 1 heterocycles. The molecule has 2 aromatic carbocycles. The van der Waals surface area contributed by atoms with E-state index in [1.165, 1.54) is 11.8 Å². The summed E-state index contributed by atoms with van der Waals surface area (Å²) in [5.41, 5.74) is 2.47. The van der Waals surface area contributed by atoms with E-state index in [-0.39, 0.29) is 23.9 Å². The third-order valence-corrected chi connectivity index (χ3v) is 5.34. The van der Waals surface area contributed by atoms with Crippen molar-refractivity contribution in [2.45, 2.75) is 18.5 Å². The zero-order chi connectivity index (χ0) is 20.8. The molecule has 0 aliphatic carbocycles. The Bertz CT molecular complexity index is 998. The van der Waals surface area contributed by atoms with Gasteiger partial charge in [-0.3, -0.25) is 9.59 Å². The Morgan fingerprint density at radius 1 is 1.07 bits per heavy atom. The Labute approximate surface area is 173 Å². The lowest BCUT2D eigenvalue weighted by Crippen LogP contribution is -2.17. The molecule has 1 N–H and O–H groups in total. The second-order valence-corrected chi connectivity index (χ2v) is 7.43. The molecule has 0 bridgehead atoms. The van der Waals surface area contributed by atoms with Gasteiger partial charge in [0.05, 0.1) is 19.3 Å². The van der Waals surface area contributed by atoms with Gasteiger partial charge in [-0.05, 0) is 43.3 Å². The molecule has 0 saturated carbocycles. The van der Waals surface area contributed by atoms with Crippen LogP contribution in [0.1, 0.15) is 21.7 Å². The molecule has 3 rings (SSSR count). The number of carbonyl (C=O) groups excluding carboxylic acids is 2. The molecular weight excluding hydrogens is 388 g/mol. The number of Topliss-reactive ketones (excluding diaryl/α,β-unsaturated/α-hetero) is 1. The van der Waals surface area contributed by atoms with Gasteiger partial charge >= 0.3 is 0 Å². The summed E-state index contributed by atoms with van der Waals surface area (Å²) in [6.07, 6.45) is 0.102. The number of methoxy groups -OCH3 is 1. The van der Waals surface area contributed by atoms with Crippen LogP contribution in [0.5, 0.6) is 5.75 Å². The van der Waals surface area contributed by atoms with Crippen molar-refractivity contribution < 1.29 is 14.3 Å². The van der Waals surface area contributed by atoms with Gasteiger partial charge in [-0.25, -0.2) is 0 Å². The lowest BCUT2D eigenvalue weighted by Gasteiger charge is -2.06. The lowest BCUT2D eigenvalue weighted by atomic mass is 10.1. The normalized spacial score (nSPS) is 10.6. The van der Waals surface area contributed by atoms with Crippen LogP contribution < -0.4 is 10.1 Å². The topological polar surface area (TPSA) is 86.1 Å². The Hall–Kier alpha value is -3.13. The molecule has 150 valence electrons. The summed E-state index contributed by atoms with van der Waals surface area (Å²) < 4.78 is 6.84. The highest BCUT2D eigenvalue weighted by molar-refractivity contribution is 7.99. The minimum atomic E-state index is -0.171. The number of nitrogens with zero attached hydrogens (tertiary/aromatic N) is 3. The van der Waals surface area contributed by atoms with Crippen LogP contribution in [0.2, 0.25) is 0 Å². The second kappa shape index (κ2) is 9.38. The third-order valence-electron chi connectivity index (χ3n) is 4.32. The van der Waals surface area contributed by atoms with Crippen LogP contribution in [0.4, 0.5) is 5.69 Å². The van der Waals surface area contributed by atoms with Gasteiger partial charge in [0.25, 0.3) is 0 Å². The average molecular weight is 410 g/mol. The van der Waals surface area contributed by atoms with E-state index in [1.807, 2.05) is 31.2 Å². The van der Waals surface area contributed by atoms with E-state index in [1.54, 1.807) is 43.0 Å².